The van der Waals surface area contributed by atoms with Crippen LogP contribution in [0.4, 0.5) is 5.69 Å². The molecule has 0 saturated carbocycles. The Morgan fingerprint density at radius 2 is 1.95 bits per heavy atom. The van der Waals surface area contributed by atoms with Gasteiger partial charge in [-0.05, 0) is 38.9 Å². The molecule has 3 N–H and O–H groups in total. The van der Waals surface area contributed by atoms with Gasteiger partial charge >= 0.3 is 0 Å². The van der Waals surface area contributed by atoms with Crippen LogP contribution in [-0.2, 0) is 4.79 Å². The molecule has 0 atom stereocenters. The fourth-order valence-electron chi connectivity index (χ4n) is 1.92. The quantitative estimate of drug-likeness (QED) is 0.751. The average Bonchev–Trinajstić information content (AvgIpc) is 2.39. The zero-order chi connectivity index (χ0) is 14.1. The molecule has 1 rings (SSSR count). The lowest BCUT2D eigenvalue weighted by molar-refractivity contribution is -0.121. The molecular weight excluding hydrogens is 238 g/mol. The molecule has 0 bridgehead atoms. The van der Waals surface area contributed by atoms with Crippen LogP contribution < -0.4 is 16.0 Å². The number of nitrogens with one attached hydrogen (secondary N) is 1. The third-order valence-electron chi connectivity index (χ3n) is 2.81. The number of nitrogens with zero attached hydrogens (tertiary/aromatic N) is 1. The lowest BCUT2D eigenvalue weighted by Gasteiger charge is -2.24. The number of nitrogens with two attached hydrogens (primary N) is 1. The highest BCUT2D eigenvalue weighted by Crippen LogP contribution is 2.13. The van der Waals surface area contributed by atoms with Crippen LogP contribution in [0.15, 0.2) is 30.3 Å². The van der Waals surface area contributed by atoms with Gasteiger partial charge in [0, 0.05) is 31.2 Å². The van der Waals surface area contributed by atoms with Gasteiger partial charge in [0.2, 0.25) is 5.91 Å². The van der Waals surface area contributed by atoms with Crippen LogP contribution in [0.25, 0.3) is 0 Å². The Morgan fingerprint density at radius 3 is 2.53 bits per heavy atom. The highest BCUT2D eigenvalue weighted by atomic mass is 16.1. The van der Waals surface area contributed by atoms with E-state index in [1.807, 2.05) is 32.0 Å². The molecule has 0 aliphatic heterocycles. The summed E-state index contributed by atoms with van der Waals surface area (Å²) in [6.45, 7) is 6.22. The van der Waals surface area contributed by atoms with E-state index < -0.39 is 0 Å². The van der Waals surface area contributed by atoms with Crippen LogP contribution in [0.3, 0.4) is 0 Å². The predicted octanol–water partition coefficient (Wildman–Crippen LogP) is 1.76. The number of carbonyl (C=O) groups is 1. The Balaban J connectivity index is 2.53. The molecule has 106 valence electrons. The van der Waals surface area contributed by atoms with Gasteiger partial charge in [-0.15, -0.1) is 0 Å². The minimum Gasteiger partial charge on any atom is -0.371 e. The second-order valence-electron chi connectivity index (χ2n) is 4.94. The molecule has 4 nitrogen and oxygen atoms in total. The van der Waals surface area contributed by atoms with E-state index in [0.29, 0.717) is 13.0 Å². The summed E-state index contributed by atoms with van der Waals surface area (Å²) in [7, 11) is 0. The normalized spacial score (nSPS) is 10.5. The van der Waals surface area contributed by atoms with Crippen LogP contribution >= 0.6 is 0 Å². The summed E-state index contributed by atoms with van der Waals surface area (Å²) < 4.78 is 0. The number of anilines is 1. The highest BCUT2D eigenvalue weighted by molar-refractivity contribution is 5.76. The minimum absolute atomic E-state index is 0.101. The van der Waals surface area contributed by atoms with Crippen molar-refractivity contribution < 1.29 is 4.79 Å². The third kappa shape index (κ3) is 6.25. The zero-order valence-corrected chi connectivity index (χ0v) is 11.9. The number of hydrogen-bond acceptors (Lipinski definition) is 3. The number of hydrogen-bond donors (Lipinski definition) is 2. The van der Waals surface area contributed by atoms with E-state index in [1.165, 1.54) is 0 Å². The SMILES string of the molecule is CC(C)NC(=O)CCN(CCCN)c1ccccc1. The molecule has 1 aromatic rings. The molecule has 1 amide bonds. The lowest BCUT2D eigenvalue weighted by Crippen LogP contribution is -2.35. The van der Waals surface area contributed by atoms with Gasteiger partial charge in [0.15, 0.2) is 0 Å². The Labute approximate surface area is 116 Å². The monoisotopic (exact) mass is 263 g/mol. The average molecular weight is 263 g/mol. The lowest BCUT2D eigenvalue weighted by atomic mass is 10.2. The van der Waals surface area contributed by atoms with Crippen molar-refractivity contribution in [2.24, 2.45) is 5.73 Å². The summed E-state index contributed by atoms with van der Waals surface area (Å²) in [6, 6.07) is 10.4. The van der Waals surface area contributed by atoms with Gasteiger partial charge in [0.25, 0.3) is 0 Å². The van der Waals surface area contributed by atoms with E-state index >= 15 is 0 Å². The van der Waals surface area contributed by atoms with Crippen LogP contribution in [-0.4, -0.2) is 31.6 Å². The maximum Gasteiger partial charge on any atom is 0.221 e. The Morgan fingerprint density at radius 1 is 1.26 bits per heavy atom. The van der Waals surface area contributed by atoms with Crippen LogP contribution in [0.1, 0.15) is 26.7 Å². The van der Waals surface area contributed by atoms with Crippen molar-refractivity contribution in [3.63, 3.8) is 0 Å². The van der Waals surface area contributed by atoms with Crippen molar-refractivity contribution in [3.8, 4) is 0 Å². The van der Waals surface area contributed by atoms with Crippen molar-refractivity contribution in [1.82, 2.24) is 5.32 Å². The topological polar surface area (TPSA) is 58.4 Å². The molecule has 0 aliphatic rings. The highest BCUT2D eigenvalue weighted by Gasteiger charge is 2.09. The van der Waals surface area contributed by atoms with Gasteiger partial charge in [-0.3, -0.25) is 4.79 Å². The van der Waals surface area contributed by atoms with E-state index in [9.17, 15) is 4.79 Å². The van der Waals surface area contributed by atoms with Crippen molar-refractivity contribution in [1.29, 1.82) is 0 Å². The van der Waals surface area contributed by atoms with Gasteiger partial charge in [-0.25, -0.2) is 0 Å². The van der Waals surface area contributed by atoms with Gasteiger partial charge < -0.3 is 16.0 Å². The molecule has 0 aliphatic carbocycles. The van der Waals surface area contributed by atoms with Crippen LogP contribution in [0.5, 0.6) is 0 Å². The van der Waals surface area contributed by atoms with Gasteiger partial charge in [0.05, 0.1) is 0 Å². The zero-order valence-electron chi connectivity index (χ0n) is 11.9. The first kappa shape index (κ1) is 15.5. The first-order valence-corrected chi connectivity index (χ1v) is 6.93. The second kappa shape index (κ2) is 8.53. The number of rotatable bonds is 8. The van der Waals surface area contributed by atoms with Gasteiger partial charge in [-0.1, -0.05) is 18.2 Å². The van der Waals surface area contributed by atoms with Crippen LogP contribution in [0.2, 0.25) is 0 Å². The van der Waals surface area contributed by atoms with E-state index in [0.717, 1.165) is 25.2 Å². The molecule has 0 fully saturated rings. The molecule has 1 aromatic carbocycles. The molecule has 19 heavy (non-hydrogen) atoms. The Kier molecular flexibility index (Phi) is 6.97. The van der Waals surface area contributed by atoms with Crippen LogP contribution in [0, 0.1) is 0 Å². The van der Waals surface area contributed by atoms with E-state index in [4.69, 9.17) is 5.73 Å². The number of carbonyl (C=O) groups excluding carboxylic acids is 1. The first-order chi connectivity index (χ1) is 9.13. The third-order valence-corrected chi connectivity index (χ3v) is 2.81. The summed E-state index contributed by atoms with van der Waals surface area (Å²) >= 11 is 0. The van der Waals surface area contributed by atoms with Crippen molar-refractivity contribution in [3.05, 3.63) is 30.3 Å². The first-order valence-electron chi connectivity index (χ1n) is 6.93. The van der Waals surface area contributed by atoms with E-state index in [-0.39, 0.29) is 11.9 Å². The predicted molar refractivity (Wildman–Crippen MR) is 80.2 cm³/mol. The maximum atomic E-state index is 11.7. The smallest absolute Gasteiger partial charge is 0.221 e. The largest absolute Gasteiger partial charge is 0.371 e. The minimum atomic E-state index is 0.101. The molecular formula is C15H25N3O. The number of benzene rings is 1. The van der Waals surface area contributed by atoms with Gasteiger partial charge in [0.1, 0.15) is 0 Å². The Bertz CT molecular complexity index is 365. The van der Waals surface area contributed by atoms with E-state index in [1.54, 1.807) is 0 Å². The fraction of sp³-hybridized carbons (Fsp3) is 0.533. The molecule has 0 unspecified atom stereocenters. The Hall–Kier alpha value is -1.55. The molecule has 0 aromatic heterocycles. The number of amides is 1. The maximum absolute atomic E-state index is 11.7. The summed E-state index contributed by atoms with van der Waals surface area (Å²) in [5, 5.41) is 2.92. The summed E-state index contributed by atoms with van der Waals surface area (Å²) in [6.07, 6.45) is 1.44. The van der Waals surface area contributed by atoms with Gasteiger partial charge in [-0.2, -0.15) is 0 Å². The summed E-state index contributed by atoms with van der Waals surface area (Å²) in [5.41, 5.74) is 6.72. The standard InChI is InChI=1S/C15H25N3O/c1-13(2)17-15(19)9-12-18(11-6-10-16)14-7-4-3-5-8-14/h3-5,7-8,13H,6,9-12,16H2,1-2H3,(H,17,19). The van der Waals surface area contributed by atoms with E-state index in [2.05, 4.69) is 22.3 Å². The second-order valence-corrected chi connectivity index (χ2v) is 4.94. The summed E-state index contributed by atoms with van der Waals surface area (Å²) in [5.74, 6) is 0.101. The molecule has 4 heteroatoms. The van der Waals surface area contributed by atoms with Crippen molar-refractivity contribution >= 4 is 11.6 Å². The number of para-hydroxylation sites is 1. The fourth-order valence-corrected chi connectivity index (χ4v) is 1.92. The molecule has 0 radical (unpaired) electrons. The summed E-state index contributed by atoms with van der Waals surface area (Å²) in [4.78, 5) is 13.9. The molecule has 0 heterocycles. The molecule has 0 saturated heterocycles. The van der Waals surface area contributed by atoms with Crippen molar-refractivity contribution in [2.45, 2.75) is 32.7 Å². The van der Waals surface area contributed by atoms with Crippen molar-refractivity contribution in [2.75, 3.05) is 24.5 Å². The molecule has 0 spiro atoms.